The molecule has 1 rings (SSSR count). The van der Waals surface area contributed by atoms with Gasteiger partial charge in [0.2, 0.25) is 17.7 Å². The molecule has 210 valence electrons. The van der Waals surface area contributed by atoms with Crippen LogP contribution in [-0.4, -0.2) is 78.5 Å². The van der Waals surface area contributed by atoms with Crippen molar-refractivity contribution < 1.29 is 24.3 Å². The molecule has 1 aromatic carbocycles. The number of hydrogen-bond donors (Lipinski definition) is 9. The van der Waals surface area contributed by atoms with Crippen molar-refractivity contribution in [3.63, 3.8) is 0 Å². The number of benzene rings is 1. The Kier molecular flexibility index (Phi) is 14.3. The summed E-state index contributed by atoms with van der Waals surface area (Å²) in [5.74, 6) is -3.33. The molecule has 0 radical (unpaired) electrons. The average Bonchev–Trinajstić information content (AvgIpc) is 2.86. The minimum Gasteiger partial charge on any atom is -0.480 e. The number of rotatable bonds is 17. The number of carboxylic acid groups (broad SMARTS) is 1. The largest absolute Gasteiger partial charge is 0.480 e. The first-order chi connectivity index (χ1) is 18.0. The van der Waals surface area contributed by atoms with Gasteiger partial charge in [-0.25, -0.2) is 4.79 Å². The first kappa shape index (κ1) is 31.6. The summed E-state index contributed by atoms with van der Waals surface area (Å²) < 4.78 is 0. The fourth-order valence-electron chi connectivity index (χ4n) is 3.29. The number of carboxylic acids is 1. The molecule has 1 aromatic rings. The highest BCUT2D eigenvalue weighted by molar-refractivity contribution is 5.92. The van der Waals surface area contributed by atoms with Crippen LogP contribution in [0, 0.1) is 0 Å². The van der Waals surface area contributed by atoms with Crippen LogP contribution in [-0.2, 0) is 25.6 Å². The van der Waals surface area contributed by atoms with E-state index in [1.165, 1.54) is 0 Å². The molecule has 0 unspecified atom stereocenters. The number of nitrogens with one attached hydrogen (secondary N) is 3. The monoisotopic (exact) mass is 534 g/mol. The van der Waals surface area contributed by atoms with Crippen LogP contribution in [0.15, 0.2) is 40.3 Å². The second kappa shape index (κ2) is 17.1. The van der Waals surface area contributed by atoms with E-state index < -0.39 is 48.4 Å². The molecule has 3 amide bonds. The van der Waals surface area contributed by atoms with Gasteiger partial charge in [-0.05, 0) is 31.2 Å². The van der Waals surface area contributed by atoms with Crippen molar-refractivity contribution in [2.24, 2.45) is 38.7 Å². The topological polar surface area (TPSA) is 279 Å². The minimum absolute atomic E-state index is 0.0698. The number of nitrogens with two attached hydrogens (primary N) is 5. The molecule has 0 heterocycles. The second-order valence-electron chi connectivity index (χ2n) is 8.43. The van der Waals surface area contributed by atoms with Crippen molar-refractivity contribution in [1.82, 2.24) is 16.0 Å². The first-order valence-corrected chi connectivity index (χ1v) is 12.0. The van der Waals surface area contributed by atoms with Gasteiger partial charge in [0.05, 0.1) is 12.6 Å². The SMILES string of the molecule is NC(N)=NCCC[C@H](NC(=O)[C@@H](N)CCCN=C(N)N)C(=O)NCC(=O)N[C@@H](Cc1ccccc1)C(=O)O. The predicted molar refractivity (Wildman–Crippen MR) is 142 cm³/mol. The number of aliphatic imine (C=N–C) groups is 2. The highest BCUT2D eigenvalue weighted by Gasteiger charge is 2.25. The summed E-state index contributed by atoms with van der Waals surface area (Å²) in [6.45, 7) is 0.0114. The Bertz CT molecular complexity index is 978. The number of nitrogens with zero attached hydrogens (tertiary/aromatic N) is 2. The molecule has 0 aliphatic rings. The molecule has 0 aliphatic heterocycles. The van der Waals surface area contributed by atoms with Gasteiger partial charge in [-0.3, -0.25) is 24.4 Å². The van der Waals surface area contributed by atoms with Gasteiger partial charge in [-0.2, -0.15) is 0 Å². The van der Waals surface area contributed by atoms with E-state index in [1.54, 1.807) is 30.3 Å². The summed E-state index contributed by atoms with van der Waals surface area (Å²) in [7, 11) is 0. The highest BCUT2D eigenvalue weighted by atomic mass is 16.4. The van der Waals surface area contributed by atoms with E-state index in [-0.39, 0.29) is 37.7 Å². The molecule has 15 nitrogen and oxygen atoms in total. The summed E-state index contributed by atoms with van der Waals surface area (Å²) >= 11 is 0. The fraction of sp³-hybridized carbons (Fsp3) is 0.478. The van der Waals surface area contributed by atoms with Gasteiger partial charge in [-0.1, -0.05) is 30.3 Å². The zero-order valence-electron chi connectivity index (χ0n) is 21.1. The van der Waals surface area contributed by atoms with Crippen molar-refractivity contribution in [3.8, 4) is 0 Å². The smallest absolute Gasteiger partial charge is 0.326 e. The van der Waals surface area contributed by atoms with Crippen molar-refractivity contribution in [2.75, 3.05) is 19.6 Å². The van der Waals surface area contributed by atoms with Crippen LogP contribution in [0.3, 0.4) is 0 Å². The van der Waals surface area contributed by atoms with Crippen molar-refractivity contribution in [3.05, 3.63) is 35.9 Å². The van der Waals surface area contributed by atoms with Gasteiger partial charge >= 0.3 is 5.97 Å². The fourth-order valence-corrected chi connectivity index (χ4v) is 3.29. The molecule has 38 heavy (non-hydrogen) atoms. The Morgan fingerprint density at radius 3 is 1.95 bits per heavy atom. The van der Waals surface area contributed by atoms with Gasteiger partial charge in [0.15, 0.2) is 11.9 Å². The Morgan fingerprint density at radius 2 is 1.39 bits per heavy atom. The van der Waals surface area contributed by atoms with Gasteiger partial charge in [0.25, 0.3) is 0 Å². The van der Waals surface area contributed by atoms with Gasteiger partial charge in [0, 0.05) is 19.5 Å². The maximum Gasteiger partial charge on any atom is 0.326 e. The van der Waals surface area contributed by atoms with E-state index in [2.05, 4.69) is 25.9 Å². The third kappa shape index (κ3) is 13.6. The Labute approximate surface area is 220 Å². The van der Waals surface area contributed by atoms with E-state index >= 15 is 0 Å². The van der Waals surface area contributed by atoms with Crippen molar-refractivity contribution in [2.45, 2.75) is 50.2 Å². The van der Waals surface area contributed by atoms with Crippen LogP contribution < -0.4 is 44.6 Å². The molecule has 0 aliphatic carbocycles. The summed E-state index contributed by atoms with van der Waals surface area (Å²) in [6.07, 6.45) is 1.29. The van der Waals surface area contributed by atoms with Crippen molar-refractivity contribution >= 4 is 35.6 Å². The zero-order valence-corrected chi connectivity index (χ0v) is 21.1. The number of guanidine groups is 2. The van der Waals surface area contributed by atoms with E-state index in [0.29, 0.717) is 19.4 Å². The molecular weight excluding hydrogens is 496 g/mol. The summed E-state index contributed by atoms with van der Waals surface area (Å²) in [4.78, 5) is 56.9. The third-order valence-corrected chi connectivity index (χ3v) is 5.22. The van der Waals surface area contributed by atoms with E-state index in [0.717, 1.165) is 5.56 Å². The zero-order chi connectivity index (χ0) is 28.5. The van der Waals surface area contributed by atoms with E-state index in [4.69, 9.17) is 28.7 Å². The molecule has 14 N–H and O–H groups in total. The lowest BCUT2D eigenvalue weighted by Crippen LogP contribution is -2.53. The Hall–Kier alpha value is -4.40. The number of amides is 3. The van der Waals surface area contributed by atoms with Crippen LogP contribution in [0.4, 0.5) is 0 Å². The molecule has 3 atom stereocenters. The van der Waals surface area contributed by atoms with E-state index in [9.17, 15) is 24.3 Å². The van der Waals surface area contributed by atoms with E-state index in [1.807, 2.05) is 0 Å². The number of aliphatic carboxylic acids is 1. The molecule has 15 heteroatoms. The third-order valence-electron chi connectivity index (χ3n) is 5.22. The molecule has 0 fully saturated rings. The quantitative estimate of drug-likeness (QED) is 0.0549. The lowest BCUT2D eigenvalue weighted by atomic mass is 10.1. The van der Waals surface area contributed by atoms with Crippen LogP contribution in [0.1, 0.15) is 31.2 Å². The summed E-state index contributed by atoms with van der Waals surface area (Å²) in [5, 5.41) is 16.8. The lowest BCUT2D eigenvalue weighted by Gasteiger charge is -2.21. The lowest BCUT2D eigenvalue weighted by molar-refractivity contribution is -0.141. The molecular formula is C23H38N10O5. The van der Waals surface area contributed by atoms with Gasteiger partial charge in [-0.15, -0.1) is 0 Å². The molecule has 0 saturated carbocycles. The van der Waals surface area contributed by atoms with Crippen LogP contribution in [0.2, 0.25) is 0 Å². The Morgan fingerprint density at radius 1 is 0.816 bits per heavy atom. The van der Waals surface area contributed by atoms with Crippen molar-refractivity contribution in [1.29, 1.82) is 0 Å². The number of carbonyl (C=O) groups is 4. The Balaban J connectivity index is 2.70. The number of carbonyl (C=O) groups excluding carboxylic acids is 3. The molecule has 0 spiro atoms. The highest BCUT2D eigenvalue weighted by Crippen LogP contribution is 2.04. The minimum atomic E-state index is -1.22. The summed E-state index contributed by atoms with van der Waals surface area (Å²) in [6, 6.07) is 5.65. The predicted octanol–water partition coefficient (Wildman–Crippen LogP) is -3.17. The second-order valence-corrected chi connectivity index (χ2v) is 8.43. The molecule has 0 aromatic heterocycles. The van der Waals surface area contributed by atoms with Crippen LogP contribution >= 0.6 is 0 Å². The molecule has 0 saturated heterocycles. The van der Waals surface area contributed by atoms with Crippen LogP contribution in [0.5, 0.6) is 0 Å². The summed E-state index contributed by atoms with van der Waals surface area (Å²) in [5.41, 5.74) is 27.8. The average molecular weight is 535 g/mol. The van der Waals surface area contributed by atoms with Gasteiger partial charge in [0.1, 0.15) is 12.1 Å². The maximum absolute atomic E-state index is 12.8. The maximum atomic E-state index is 12.8. The normalized spacial score (nSPS) is 12.8. The number of hydrogen-bond acceptors (Lipinski definition) is 7. The van der Waals surface area contributed by atoms with Gasteiger partial charge < -0.3 is 49.7 Å². The molecule has 0 bridgehead atoms. The first-order valence-electron chi connectivity index (χ1n) is 12.0. The standard InChI is InChI=1S/C23H38N10O5/c24-15(8-4-10-29-22(25)26)19(35)33-16(9-5-11-30-23(27)28)20(36)31-13-18(34)32-17(21(37)38)12-14-6-2-1-3-7-14/h1-3,6-7,15-17H,4-5,8-13,24H2,(H,31,36)(H,32,34)(H,33,35)(H,37,38)(H4,25,26,29)(H4,27,28,30)/t15-,16-,17-/m0/s1. The van der Waals surface area contributed by atoms with Crippen LogP contribution in [0.25, 0.3) is 0 Å².